The number of H-pyrrole nitrogens is 2. The van der Waals surface area contributed by atoms with E-state index >= 15 is 0 Å². The van der Waals surface area contributed by atoms with Crippen LogP contribution >= 0.6 is 0 Å². The Morgan fingerprint density at radius 3 is 2.89 bits per heavy atom. The van der Waals surface area contributed by atoms with Crippen molar-refractivity contribution in [1.29, 1.82) is 0 Å². The molecule has 0 saturated heterocycles. The van der Waals surface area contributed by atoms with E-state index in [4.69, 9.17) is 4.74 Å². The molecule has 6 nitrogen and oxygen atoms in total. The molecular formula is C21H22N4O2. The van der Waals surface area contributed by atoms with E-state index in [0.29, 0.717) is 6.61 Å². The van der Waals surface area contributed by atoms with Gasteiger partial charge in [-0.25, -0.2) is 9.78 Å². The Labute approximate surface area is 156 Å². The Morgan fingerprint density at radius 1 is 1.15 bits per heavy atom. The summed E-state index contributed by atoms with van der Waals surface area (Å²) in [5, 5.41) is 0.971. The van der Waals surface area contributed by atoms with Gasteiger partial charge in [0.2, 0.25) is 0 Å². The summed E-state index contributed by atoms with van der Waals surface area (Å²) in [7, 11) is 0. The van der Waals surface area contributed by atoms with Crippen molar-refractivity contribution in [3.63, 3.8) is 0 Å². The second kappa shape index (κ2) is 6.70. The van der Waals surface area contributed by atoms with Gasteiger partial charge in [0, 0.05) is 11.6 Å². The maximum absolute atomic E-state index is 12.8. The van der Waals surface area contributed by atoms with Crippen molar-refractivity contribution in [2.24, 2.45) is 0 Å². The molecule has 1 aliphatic carbocycles. The van der Waals surface area contributed by atoms with Crippen LogP contribution in [0.5, 0.6) is 0 Å². The molecule has 1 aliphatic rings. The first kappa shape index (κ1) is 16.3. The molecule has 3 aromatic heterocycles. The van der Waals surface area contributed by atoms with E-state index in [1.54, 1.807) is 6.20 Å². The van der Waals surface area contributed by atoms with Gasteiger partial charge in [-0.15, -0.1) is 0 Å². The molecular weight excluding hydrogens is 340 g/mol. The van der Waals surface area contributed by atoms with Crippen LogP contribution in [0.3, 0.4) is 0 Å². The van der Waals surface area contributed by atoms with Gasteiger partial charge in [0.15, 0.2) is 0 Å². The van der Waals surface area contributed by atoms with Crippen molar-refractivity contribution in [2.45, 2.75) is 44.4 Å². The number of hydrogen-bond acceptors (Lipinski definition) is 3. The van der Waals surface area contributed by atoms with Crippen LogP contribution in [0.2, 0.25) is 0 Å². The van der Waals surface area contributed by atoms with Crippen molar-refractivity contribution in [3.05, 3.63) is 64.8 Å². The molecule has 2 atom stereocenters. The van der Waals surface area contributed by atoms with Gasteiger partial charge in [-0.1, -0.05) is 43.2 Å². The Balaban J connectivity index is 1.54. The van der Waals surface area contributed by atoms with Crippen molar-refractivity contribution in [3.8, 4) is 0 Å². The molecule has 0 amide bonds. The highest BCUT2D eigenvalue weighted by atomic mass is 16.5. The molecule has 2 N–H and O–H groups in total. The summed E-state index contributed by atoms with van der Waals surface area (Å²) in [4.78, 5) is 23.3. The monoisotopic (exact) mass is 362 g/mol. The lowest BCUT2D eigenvalue weighted by atomic mass is 9.92. The predicted molar refractivity (Wildman–Crippen MR) is 105 cm³/mol. The fourth-order valence-electron chi connectivity index (χ4n) is 4.28. The molecule has 1 aromatic carbocycles. The normalized spacial score (nSPS) is 20.4. The Hall–Kier alpha value is -2.86. The quantitative estimate of drug-likeness (QED) is 0.578. The van der Waals surface area contributed by atoms with Gasteiger partial charge < -0.3 is 14.7 Å². The highest BCUT2D eigenvalue weighted by Crippen LogP contribution is 2.34. The molecule has 0 bridgehead atoms. The molecule has 27 heavy (non-hydrogen) atoms. The van der Waals surface area contributed by atoms with Crippen molar-refractivity contribution in [1.82, 2.24) is 19.5 Å². The first-order valence-corrected chi connectivity index (χ1v) is 9.53. The molecule has 0 spiro atoms. The van der Waals surface area contributed by atoms with Gasteiger partial charge in [0.1, 0.15) is 5.65 Å². The molecule has 1 fully saturated rings. The number of aromatic nitrogens is 4. The van der Waals surface area contributed by atoms with Crippen LogP contribution in [-0.2, 0) is 11.3 Å². The number of benzene rings is 1. The molecule has 3 heterocycles. The summed E-state index contributed by atoms with van der Waals surface area (Å²) < 4.78 is 8.21. The summed E-state index contributed by atoms with van der Waals surface area (Å²) in [6.45, 7) is 0.570. The number of imidazole rings is 1. The van der Waals surface area contributed by atoms with E-state index in [9.17, 15) is 4.79 Å². The van der Waals surface area contributed by atoms with Crippen LogP contribution in [0.25, 0.3) is 22.1 Å². The third kappa shape index (κ3) is 2.86. The molecule has 4 aromatic rings. The molecule has 0 unspecified atom stereocenters. The Kier molecular flexibility index (Phi) is 4.05. The second-order valence-corrected chi connectivity index (χ2v) is 7.25. The van der Waals surface area contributed by atoms with Gasteiger partial charge >= 0.3 is 5.69 Å². The van der Waals surface area contributed by atoms with Gasteiger partial charge in [-0.2, -0.15) is 0 Å². The number of fused-ring (bicyclic) bond motifs is 3. The predicted octanol–water partition coefficient (Wildman–Crippen LogP) is 3.91. The van der Waals surface area contributed by atoms with Crippen LogP contribution < -0.4 is 5.69 Å². The molecule has 5 rings (SSSR count). The van der Waals surface area contributed by atoms with E-state index in [1.807, 2.05) is 35.0 Å². The molecule has 6 heteroatoms. The third-order valence-corrected chi connectivity index (χ3v) is 5.57. The van der Waals surface area contributed by atoms with E-state index < -0.39 is 0 Å². The second-order valence-electron chi connectivity index (χ2n) is 7.25. The SMILES string of the molecule is O=c1[nH]c2cnc3[nH]ccc3c2n1[C@@H]1CCCC[C@H]1OCc1ccccc1. The number of hydrogen-bond donors (Lipinski definition) is 2. The van der Waals surface area contributed by atoms with E-state index in [2.05, 4.69) is 27.1 Å². The first-order chi connectivity index (χ1) is 13.3. The van der Waals surface area contributed by atoms with Gasteiger partial charge in [-0.05, 0) is 24.5 Å². The fraction of sp³-hybridized carbons (Fsp3) is 0.333. The van der Waals surface area contributed by atoms with Crippen molar-refractivity contribution < 1.29 is 4.74 Å². The number of aromatic amines is 2. The highest BCUT2D eigenvalue weighted by molar-refractivity contribution is 6.00. The lowest BCUT2D eigenvalue weighted by molar-refractivity contribution is -0.0159. The largest absolute Gasteiger partial charge is 0.371 e. The smallest absolute Gasteiger partial charge is 0.326 e. The molecule has 1 saturated carbocycles. The summed E-state index contributed by atoms with van der Waals surface area (Å²) in [5.41, 5.74) is 3.57. The number of nitrogens with one attached hydrogen (secondary N) is 2. The van der Waals surface area contributed by atoms with Crippen LogP contribution in [0.15, 0.2) is 53.6 Å². The number of nitrogens with zero attached hydrogens (tertiary/aromatic N) is 2. The van der Waals surface area contributed by atoms with Gasteiger partial charge in [0.25, 0.3) is 0 Å². The zero-order valence-corrected chi connectivity index (χ0v) is 15.0. The third-order valence-electron chi connectivity index (χ3n) is 5.57. The topological polar surface area (TPSA) is 75.7 Å². The Bertz CT molecular complexity index is 1130. The lowest BCUT2D eigenvalue weighted by Gasteiger charge is -2.32. The van der Waals surface area contributed by atoms with Gasteiger partial charge in [-0.3, -0.25) is 4.57 Å². The summed E-state index contributed by atoms with van der Waals surface area (Å²) in [6, 6.07) is 12.2. The number of rotatable bonds is 4. The number of pyridine rings is 1. The van der Waals surface area contributed by atoms with Crippen LogP contribution in [0, 0.1) is 0 Å². The lowest BCUT2D eigenvalue weighted by Crippen LogP contribution is -2.35. The standard InChI is InChI=1S/C21H22N4O2/c26-21-24-16-12-23-20-15(10-11-22-20)19(16)25(21)17-8-4-5-9-18(17)27-13-14-6-2-1-3-7-14/h1-3,6-7,10-12,17-18H,4-5,8-9,13H2,(H,22,23)(H,24,26)/t17-,18-/m1/s1. The van der Waals surface area contributed by atoms with E-state index in [1.165, 1.54) is 0 Å². The fourth-order valence-corrected chi connectivity index (χ4v) is 4.28. The van der Waals surface area contributed by atoms with E-state index in [-0.39, 0.29) is 17.8 Å². The van der Waals surface area contributed by atoms with E-state index in [0.717, 1.165) is 53.3 Å². The molecule has 0 aliphatic heterocycles. The average molecular weight is 362 g/mol. The molecule has 138 valence electrons. The van der Waals surface area contributed by atoms with Crippen LogP contribution in [0.4, 0.5) is 0 Å². The summed E-state index contributed by atoms with van der Waals surface area (Å²) in [5.74, 6) is 0. The minimum Gasteiger partial charge on any atom is -0.371 e. The minimum absolute atomic E-state index is 0.0258. The van der Waals surface area contributed by atoms with Crippen molar-refractivity contribution >= 4 is 22.1 Å². The number of ether oxygens (including phenoxy) is 1. The average Bonchev–Trinajstić information content (AvgIpc) is 3.30. The molecule has 0 radical (unpaired) electrons. The van der Waals surface area contributed by atoms with Crippen LogP contribution in [-0.4, -0.2) is 25.6 Å². The maximum Gasteiger partial charge on any atom is 0.326 e. The van der Waals surface area contributed by atoms with Crippen LogP contribution in [0.1, 0.15) is 37.3 Å². The zero-order chi connectivity index (χ0) is 18.2. The zero-order valence-electron chi connectivity index (χ0n) is 15.0. The maximum atomic E-state index is 12.8. The highest BCUT2D eigenvalue weighted by Gasteiger charge is 2.30. The van der Waals surface area contributed by atoms with Crippen molar-refractivity contribution in [2.75, 3.05) is 0 Å². The Morgan fingerprint density at radius 2 is 2.00 bits per heavy atom. The minimum atomic E-state index is -0.0827. The van der Waals surface area contributed by atoms with Gasteiger partial charge in [0.05, 0.1) is 36.0 Å². The summed E-state index contributed by atoms with van der Waals surface area (Å²) >= 11 is 0. The summed E-state index contributed by atoms with van der Waals surface area (Å²) in [6.07, 6.45) is 7.78. The first-order valence-electron chi connectivity index (χ1n) is 9.53.